The predicted octanol–water partition coefficient (Wildman–Crippen LogP) is 1.76. The maximum Gasteiger partial charge on any atom is 0.262 e. The van der Waals surface area contributed by atoms with Crippen LogP contribution in [-0.2, 0) is 7.05 Å². The smallest absolute Gasteiger partial charge is 0.262 e. The van der Waals surface area contributed by atoms with Crippen molar-refractivity contribution >= 4 is 17.5 Å². The zero-order valence-corrected chi connectivity index (χ0v) is 18.3. The summed E-state index contributed by atoms with van der Waals surface area (Å²) in [5.41, 5.74) is 1.43. The minimum absolute atomic E-state index is 0.0930. The molecule has 5 rings (SSSR count). The highest BCUT2D eigenvalue weighted by Gasteiger charge is 2.53. The maximum absolute atomic E-state index is 13.9. The molecule has 0 radical (unpaired) electrons. The first-order chi connectivity index (χ1) is 15.3. The van der Waals surface area contributed by atoms with Gasteiger partial charge < -0.3 is 10.2 Å². The van der Waals surface area contributed by atoms with Crippen LogP contribution in [-0.4, -0.2) is 86.3 Å². The second-order valence-corrected chi connectivity index (χ2v) is 9.27. The SMILES string of the molecule is Cc1cnc(Nc2cnn(C)c2)nc1N1CC(CC#N)(N2CCN3CC(F)(F)C[C@H]3C2)C1. The quantitative estimate of drug-likeness (QED) is 0.748. The summed E-state index contributed by atoms with van der Waals surface area (Å²) in [4.78, 5) is 15.4. The molecule has 170 valence electrons. The van der Waals surface area contributed by atoms with Crippen molar-refractivity contribution in [3.8, 4) is 6.07 Å². The van der Waals surface area contributed by atoms with E-state index >= 15 is 0 Å². The van der Waals surface area contributed by atoms with E-state index in [-0.39, 0.29) is 24.5 Å². The van der Waals surface area contributed by atoms with Crippen LogP contribution in [0.5, 0.6) is 0 Å². The summed E-state index contributed by atoms with van der Waals surface area (Å²) in [6.45, 7) is 5.03. The van der Waals surface area contributed by atoms with Gasteiger partial charge in [-0.2, -0.15) is 15.3 Å². The lowest BCUT2D eigenvalue weighted by molar-refractivity contribution is -0.00337. The molecule has 0 aromatic carbocycles. The predicted molar refractivity (Wildman–Crippen MR) is 115 cm³/mol. The van der Waals surface area contributed by atoms with Gasteiger partial charge in [0.25, 0.3) is 5.92 Å². The van der Waals surface area contributed by atoms with Gasteiger partial charge in [0.2, 0.25) is 5.95 Å². The van der Waals surface area contributed by atoms with Crippen LogP contribution in [0.2, 0.25) is 0 Å². The number of halogens is 2. The standard InChI is InChI=1S/C21H27F2N9/c1-15-8-25-19(27-16-9-26-29(2)10-16)28-18(15)31-12-20(13-31,3-4-24)32-6-5-30-14-21(22,23)7-17(30)11-32/h8-10,17H,3,5-7,11-14H2,1-2H3,(H,25,27,28)/t17-/m0/s1. The van der Waals surface area contributed by atoms with Gasteiger partial charge in [-0.3, -0.25) is 14.5 Å². The third-order valence-corrected chi connectivity index (χ3v) is 6.83. The van der Waals surface area contributed by atoms with E-state index in [0.29, 0.717) is 45.1 Å². The monoisotopic (exact) mass is 443 g/mol. The highest BCUT2D eigenvalue weighted by atomic mass is 19.3. The van der Waals surface area contributed by atoms with Crippen LogP contribution in [0.1, 0.15) is 18.4 Å². The second-order valence-electron chi connectivity index (χ2n) is 9.27. The van der Waals surface area contributed by atoms with Crippen LogP contribution >= 0.6 is 0 Å². The molecule has 2 aromatic rings. The van der Waals surface area contributed by atoms with Gasteiger partial charge in [0, 0.05) is 70.2 Å². The van der Waals surface area contributed by atoms with E-state index < -0.39 is 5.92 Å². The molecule has 5 heterocycles. The van der Waals surface area contributed by atoms with Gasteiger partial charge in [0.05, 0.1) is 36.5 Å². The van der Waals surface area contributed by atoms with Crippen LogP contribution in [0.25, 0.3) is 0 Å². The summed E-state index contributed by atoms with van der Waals surface area (Å²) >= 11 is 0. The highest BCUT2D eigenvalue weighted by molar-refractivity contribution is 5.57. The molecule has 0 aliphatic carbocycles. The summed E-state index contributed by atoms with van der Waals surface area (Å²) in [5.74, 6) is -1.30. The molecule has 0 unspecified atom stereocenters. The molecule has 1 N–H and O–H groups in total. The topological polar surface area (TPSA) is 89.1 Å². The van der Waals surface area contributed by atoms with Gasteiger partial charge in [0.15, 0.2) is 0 Å². The fourth-order valence-corrected chi connectivity index (χ4v) is 5.24. The third-order valence-electron chi connectivity index (χ3n) is 6.83. The van der Waals surface area contributed by atoms with Crippen molar-refractivity contribution in [1.82, 2.24) is 29.5 Å². The lowest BCUT2D eigenvalue weighted by Gasteiger charge is -2.58. The number of hydrogen-bond acceptors (Lipinski definition) is 8. The molecule has 0 amide bonds. The van der Waals surface area contributed by atoms with E-state index in [1.54, 1.807) is 17.1 Å². The normalized spacial score (nSPS) is 24.6. The van der Waals surface area contributed by atoms with Crippen molar-refractivity contribution in [2.24, 2.45) is 7.05 Å². The van der Waals surface area contributed by atoms with E-state index in [2.05, 4.69) is 31.3 Å². The molecule has 3 aliphatic heterocycles. The Hall–Kier alpha value is -2.84. The Labute approximate surface area is 185 Å². The summed E-state index contributed by atoms with van der Waals surface area (Å²) in [6, 6.07) is 2.19. The summed E-state index contributed by atoms with van der Waals surface area (Å²) in [6.07, 6.45) is 5.61. The minimum atomic E-state index is -2.61. The first-order valence-electron chi connectivity index (χ1n) is 10.9. The van der Waals surface area contributed by atoms with Gasteiger partial charge in [-0.1, -0.05) is 0 Å². The molecule has 1 atom stereocenters. The number of anilines is 3. The van der Waals surface area contributed by atoms with E-state index in [9.17, 15) is 14.0 Å². The lowest BCUT2D eigenvalue weighted by atomic mass is 9.83. The molecule has 0 bridgehead atoms. The van der Waals surface area contributed by atoms with Crippen molar-refractivity contribution in [3.05, 3.63) is 24.2 Å². The number of nitriles is 1. The van der Waals surface area contributed by atoms with Gasteiger partial charge >= 0.3 is 0 Å². The number of nitrogens with zero attached hydrogens (tertiary/aromatic N) is 8. The molecule has 3 aliphatic rings. The van der Waals surface area contributed by atoms with Crippen molar-refractivity contribution in [2.75, 3.05) is 49.5 Å². The number of fused-ring (bicyclic) bond motifs is 1. The van der Waals surface area contributed by atoms with Gasteiger partial charge in [0.1, 0.15) is 5.82 Å². The van der Waals surface area contributed by atoms with Crippen molar-refractivity contribution in [1.29, 1.82) is 5.26 Å². The molecule has 2 aromatic heterocycles. The average Bonchev–Trinajstić information content (AvgIpc) is 3.26. The number of rotatable bonds is 5. The first-order valence-corrected chi connectivity index (χ1v) is 10.9. The minimum Gasteiger partial charge on any atom is -0.352 e. The Bertz CT molecular complexity index is 1040. The number of aromatic nitrogens is 4. The fraction of sp³-hybridized carbons (Fsp3) is 0.619. The summed E-state index contributed by atoms with van der Waals surface area (Å²) in [5, 5.41) is 16.8. The largest absolute Gasteiger partial charge is 0.352 e. The Morgan fingerprint density at radius 3 is 2.78 bits per heavy atom. The van der Waals surface area contributed by atoms with Crippen LogP contribution in [0.3, 0.4) is 0 Å². The van der Waals surface area contributed by atoms with E-state index in [4.69, 9.17) is 4.98 Å². The van der Waals surface area contributed by atoms with Crippen LogP contribution in [0, 0.1) is 18.3 Å². The number of aryl methyl sites for hydroxylation is 2. The molecule has 3 saturated heterocycles. The van der Waals surface area contributed by atoms with E-state index in [0.717, 1.165) is 17.1 Å². The molecule has 3 fully saturated rings. The van der Waals surface area contributed by atoms with Gasteiger partial charge in [-0.25, -0.2) is 13.8 Å². The lowest BCUT2D eigenvalue weighted by Crippen LogP contribution is -2.73. The van der Waals surface area contributed by atoms with E-state index in [1.165, 1.54) is 0 Å². The van der Waals surface area contributed by atoms with Crippen LogP contribution in [0.15, 0.2) is 18.6 Å². The summed E-state index contributed by atoms with van der Waals surface area (Å²) < 4.78 is 29.5. The maximum atomic E-state index is 13.9. The third kappa shape index (κ3) is 3.78. The number of alkyl halides is 2. The number of piperazine rings is 1. The van der Waals surface area contributed by atoms with Gasteiger partial charge in [-0.05, 0) is 6.92 Å². The number of hydrogen-bond donors (Lipinski definition) is 1. The number of nitrogens with one attached hydrogen (secondary N) is 1. The Morgan fingerprint density at radius 2 is 2.06 bits per heavy atom. The molecule has 9 nitrogen and oxygen atoms in total. The van der Waals surface area contributed by atoms with E-state index in [1.807, 2.05) is 25.1 Å². The van der Waals surface area contributed by atoms with Crippen LogP contribution in [0.4, 0.5) is 26.2 Å². The first kappa shape index (κ1) is 21.0. The summed E-state index contributed by atoms with van der Waals surface area (Å²) in [7, 11) is 1.84. The molecule has 32 heavy (non-hydrogen) atoms. The van der Waals surface area contributed by atoms with Crippen molar-refractivity contribution < 1.29 is 8.78 Å². The van der Waals surface area contributed by atoms with Crippen molar-refractivity contribution in [2.45, 2.75) is 37.3 Å². The Balaban J connectivity index is 1.30. The zero-order valence-electron chi connectivity index (χ0n) is 18.3. The molecular weight excluding hydrogens is 416 g/mol. The van der Waals surface area contributed by atoms with Crippen LogP contribution < -0.4 is 10.2 Å². The Morgan fingerprint density at radius 1 is 1.25 bits per heavy atom. The molecule has 0 saturated carbocycles. The molecule has 0 spiro atoms. The highest BCUT2D eigenvalue weighted by Crippen LogP contribution is 2.40. The fourth-order valence-electron chi connectivity index (χ4n) is 5.24. The second kappa shape index (κ2) is 7.64. The molecular formula is C21H27F2N9. The zero-order chi connectivity index (χ0) is 22.5. The van der Waals surface area contributed by atoms with Crippen molar-refractivity contribution in [3.63, 3.8) is 0 Å². The average molecular weight is 444 g/mol. The Kier molecular flexibility index (Phi) is 5.02. The van der Waals surface area contributed by atoms with Gasteiger partial charge in [-0.15, -0.1) is 0 Å². The molecule has 11 heteroatoms.